The molecule has 3 aliphatic rings. The predicted molar refractivity (Wildman–Crippen MR) is 143 cm³/mol. The molecule has 3 atom stereocenters. The maximum absolute atomic E-state index is 13.5. The molecular formula is C31H28N2O5. The standard InChI is InChI=1S/C31H28N2O5/c34-28(20-37-31(35)27-19-36-25-16-7-8-17-26(25)38-27)33-30(22-12-5-2-6-13-22)24-15-9-14-23(29(24)32-33)18-21-10-3-1-4-11-21/h1-8,10-13,16-18,24,27,30H,9,14-15,19-20H2/b23-18+/t24-,27+,30+/m1/s1. The zero-order valence-corrected chi connectivity index (χ0v) is 20.9. The van der Waals surface area contributed by atoms with E-state index in [1.807, 2.05) is 54.6 Å². The number of hydrogen-bond acceptors (Lipinski definition) is 6. The summed E-state index contributed by atoms with van der Waals surface area (Å²) in [4.78, 5) is 26.2. The smallest absolute Gasteiger partial charge is 0.351 e. The van der Waals surface area contributed by atoms with Crippen molar-refractivity contribution in [2.45, 2.75) is 31.4 Å². The molecule has 2 aliphatic heterocycles. The number of ether oxygens (including phenoxy) is 3. The molecule has 192 valence electrons. The fourth-order valence-corrected chi connectivity index (χ4v) is 5.37. The van der Waals surface area contributed by atoms with Gasteiger partial charge in [0.05, 0.1) is 11.8 Å². The summed E-state index contributed by atoms with van der Waals surface area (Å²) in [5, 5.41) is 6.36. The lowest BCUT2D eigenvalue weighted by atomic mass is 9.77. The van der Waals surface area contributed by atoms with Crippen molar-refractivity contribution in [1.82, 2.24) is 5.01 Å². The van der Waals surface area contributed by atoms with E-state index in [2.05, 4.69) is 18.2 Å². The second kappa shape index (κ2) is 10.5. The first kappa shape index (κ1) is 24.0. The molecule has 0 N–H and O–H groups in total. The van der Waals surface area contributed by atoms with Gasteiger partial charge in [0.25, 0.3) is 5.91 Å². The van der Waals surface area contributed by atoms with Crippen LogP contribution in [0.15, 0.2) is 95.6 Å². The molecule has 0 radical (unpaired) electrons. The lowest BCUT2D eigenvalue weighted by Crippen LogP contribution is -2.40. The van der Waals surface area contributed by atoms with Crippen molar-refractivity contribution in [1.29, 1.82) is 0 Å². The lowest BCUT2D eigenvalue weighted by Gasteiger charge is -2.29. The van der Waals surface area contributed by atoms with E-state index in [0.29, 0.717) is 11.5 Å². The highest BCUT2D eigenvalue weighted by molar-refractivity contribution is 6.08. The topological polar surface area (TPSA) is 77.4 Å². The van der Waals surface area contributed by atoms with E-state index in [0.717, 1.165) is 41.7 Å². The van der Waals surface area contributed by atoms with E-state index in [1.165, 1.54) is 5.01 Å². The zero-order valence-electron chi connectivity index (χ0n) is 20.9. The molecule has 0 aromatic heterocycles. The van der Waals surface area contributed by atoms with Crippen LogP contribution in [-0.4, -0.2) is 41.9 Å². The Kier molecular flexibility index (Phi) is 6.65. The molecule has 7 nitrogen and oxygen atoms in total. The summed E-state index contributed by atoms with van der Waals surface area (Å²) in [5.74, 6) is 0.118. The summed E-state index contributed by atoms with van der Waals surface area (Å²) in [7, 11) is 0. The molecule has 1 fully saturated rings. The highest BCUT2D eigenvalue weighted by Gasteiger charge is 2.44. The number of carbonyl (C=O) groups is 2. The van der Waals surface area contributed by atoms with Gasteiger partial charge in [-0.15, -0.1) is 0 Å². The van der Waals surface area contributed by atoms with Gasteiger partial charge in [0.15, 0.2) is 18.1 Å². The van der Waals surface area contributed by atoms with Gasteiger partial charge in [-0.25, -0.2) is 9.80 Å². The quantitative estimate of drug-likeness (QED) is 0.443. The third kappa shape index (κ3) is 4.79. The van der Waals surface area contributed by atoms with Gasteiger partial charge in [0, 0.05) is 5.92 Å². The van der Waals surface area contributed by atoms with Crippen LogP contribution in [0, 0.1) is 5.92 Å². The number of rotatable bonds is 5. The van der Waals surface area contributed by atoms with Crippen LogP contribution < -0.4 is 9.47 Å². The van der Waals surface area contributed by atoms with Gasteiger partial charge < -0.3 is 14.2 Å². The summed E-state index contributed by atoms with van der Waals surface area (Å²) in [6.07, 6.45) is 4.09. The molecule has 7 heteroatoms. The molecule has 38 heavy (non-hydrogen) atoms. The number of fused-ring (bicyclic) bond motifs is 2. The Balaban J connectivity index is 1.21. The van der Waals surface area contributed by atoms with Crippen LogP contribution in [0.3, 0.4) is 0 Å². The fraction of sp³-hybridized carbons (Fsp3) is 0.258. The summed E-state index contributed by atoms with van der Waals surface area (Å²) < 4.78 is 16.8. The maximum Gasteiger partial charge on any atom is 0.351 e. The highest BCUT2D eigenvalue weighted by atomic mass is 16.6. The monoisotopic (exact) mass is 508 g/mol. The molecule has 0 unspecified atom stereocenters. The van der Waals surface area contributed by atoms with Crippen LogP contribution in [0.1, 0.15) is 36.4 Å². The molecule has 6 rings (SSSR count). The first-order chi connectivity index (χ1) is 18.7. The molecule has 1 amide bonds. The molecule has 3 aromatic carbocycles. The molecule has 0 spiro atoms. The Labute approximate surface area is 221 Å². The number of benzene rings is 3. The Morgan fingerprint density at radius 2 is 1.66 bits per heavy atom. The number of para-hydroxylation sites is 2. The maximum atomic E-state index is 13.5. The van der Waals surface area contributed by atoms with E-state index in [1.54, 1.807) is 18.2 Å². The minimum atomic E-state index is -0.935. The summed E-state index contributed by atoms with van der Waals surface area (Å²) in [6, 6.07) is 27.0. The minimum Gasteiger partial charge on any atom is -0.485 e. The second-order valence-electron chi connectivity index (χ2n) is 9.63. The number of hydrogen-bond donors (Lipinski definition) is 0. The van der Waals surface area contributed by atoms with Gasteiger partial charge in [0.1, 0.15) is 6.61 Å². The van der Waals surface area contributed by atoms with Crippen molar-refractivity contribution in [2.24, 2.45) is 11.0 Å². The van der Waals surface area contributed by atoms with Crippen molar-refractivity contribution in [2.75, 3.05) is 13.2 Å². The van der Waals surface area contributed by atoms with Crippen LogP contribution in [0.4, 0.5) is 0 Å². The molecule has 0 bridgehead atoms. The molecule has 1 saturated carbocycles. The van der Waals surface area contributed by atoms with Gasteiger partial charge in [0.2, 0.25) is 6.10 Å². The first-order valence-electron chi connectivity index (χ1n) is 12.9. The molecule has 1 aliphatic carbocycles. The van der Waals surface area contributed by atoms with Gasteiger partial charge in [-0.2, -0.15) is 5.10 Å². The Hall–Kier alpha value is -4.39. The zero-order chi connectivity index (χ0) is 25.9. The Bertz CT molecular complexity index is 1390. The SMILES string of the molecule is O=C(OCC(=O)N1N=C2/C(=C/c3ccccc3)CCC[C@H]2[C@@H]1c1ccccc1)[C@@H]1COc2ccccc2O1. The fourth-order valence-electron chi connectivity index (χ4n) is 5.37. The van der Waals surface area contributed by atoms with Crippen molar-refractivity contribution < 1.29 is 23.8 Å². The number of nitrogens with zero attached hydrogens (tertiary/aromatic N) is 2. The van der Waals surface area contributed by atoms with Crippen molar-refractivity contribution >= 4 is 23.7 Å². The molecular weight excluding hydrogens is 480 g/mol. The summed E-state index contributed by atoms with van der Waals surface area (Å²) in [6.45, 7) is -0.399. The van der Waals surface area contributed by atoms with E-state index < -0.39 is 18.7 Å². The summed E-state index contributed by atoms with van der Waals surface area (Å²) >= 11 is 0. The van der Waals surface area contributed by atoms with E-state index >= 15 is 0 Å². The third-order valence-electron chi connectivity index (χ3n) is 7.15. The second-order valence-corrected chi connectivity index (χ2v) is 9.63. The predicted octanol–water partition coefficient (Wildman–Crippen LogP) is 5.19. The van der Waals surface area contributed by atoms with Crippen molar-refractivity contribution in [3.63, 3.8) is 0 Å². The van der Waals surface area contributed by atoms with Gasteiger partial charge in [-0.05, 0) is 54.2 Å². The van der Waals surface area contributed by atoms with Crippen LogP contribution in [0.2, 0.25) is 0 Å². The van der Waals surface area contributed by atoms with Gasteiger partial charge in [-0.3, -0.25) is 4.79 Å². The Morgan fingerprint density at radius 3 is 2.45 bits per heavy atom. The van der Waals surface area contributed by atoms with E-state index in [9.17, 15) is 9.59 Å². The van der Waals surface area contributed by atoms with Crippen molar-refractivity contribution in [3.05, 3.63) is 102 Å². The third-order valence-corrected chi connectivity index (χ3v) is 7.15. The van der Waals surface area contributed by atoms with Gasteiger partial charge >= 0.3 is 5.97 Å². The van der Waals surface area contributed by atoms with Crippen LogP contribution in [0.25, 0.3) is 6.08 Å². The highest BCUT2D eigenvalue weighted by Crippen LogP contribution is 2.44. The normalized spacial score (nSPS) is 22.9. The van der Waals surface area contributed by atoms with Crippen LogP contribution >= 0.6 is 0 Å². The average Bonchev–Trinajstić information content (AvgIpc) is 3.37. The number of amides is 1. The number of hydrazone groups is 1. The minimum absolute atomic E-state index is 0.0262. The van der Waals surface area contributed by atoms with E-state index in [-0.39, 0.29) is 24.5 Å². The number of carbonyl (C=O) groups excluding carboxylic acids is 2. The first-order valence-corrected chi connectivity index (χ1v) is 12.9. The largest absolute Gasteiger partial charge is 0.485 e. The van der Waals surface area contributed by atoms with Crippen LogP contribution in [0.5, 0.6) is 11.5 Å². The Morgan fingerprint density at radius 1 is 0.947 bits per heavy atom. The van der Waals surface area contributed by atoms with Gasteiger partial charge in [-0.1, -0.05) is 72.8 Å². The van der Waals surface area contributed by atoms with E-state index in [4.69, 9.17) is 19.3 Å². The van der Waals surface area contributed by atoms with Crippen molar-refractivity contribution in [3.8, 4) is 11.5 Å². The average molecular weight is 509 g/mol. The molecule has 3 aromatic rings. The molecule has 2 heterocycles. The molecule has 0 saturated heterocycles. The number of esters is 1. The lowest BCUT2D eigenvalue weighted by molar-refractivity contribution is -0.160. The summed E-state index contributed by atoms with van der Waals surface area (Å²) in [5.41, 5.74) is 4.20. The number of allylic oxidation sites excluding steroid dienone is 1. The van der Waals surface area contributed by atoms with Crippen LogP contribution in [-0.2, 0) is 14.3 Å².